The SMILES string of the molecule is COc1ccc(OC(=O)c2cc(-c3ccc(F)cc3)nc3ccccc23)cc1. The van der Waals surface area contributed by atoms with Gasteiger partial charge in [0.05, 0.1) is 23.9 Å². The summed E-state index contributed by atoms with van der Waals surface area (Å²) in [6.07, 6.45) is 0. The summed E-state index contributed by atoms with van der Waals surface area (Å²) in [5.41, 5.74) is 2.33. The van der Waals surface area contributed by atoms with Gasteiger partial charge in [0.25, 0.3) is 0 Å². The lowest BCUT2D eigenvalue weighted by atomic mass is 10.0. The quantitative estimate of drug-likeness (QED) is 0.361. The highest BCUT2D eigenvalue weighted by Crippen LogP contribution is 2.26. The number of methoxy groups -OCH3 is 1. The van der Waals surface area contributed by atoms with Crippen LogP contribution in [-0.2, 0) is 0 Å². The smallest absolute Gasteiger partial charge is 0.344 e. The van der Waals surface area contributed by atoms with E-state index in [2.05, 4.69) is 4.98 Å². The molecule has 0 saturated heterocycles. The molecular formula is C23H16FNO3. The first kappa shape index (κ1) is 17.7. The number of esters is 1. The summed E-state index contributed by atoms with van der Waals surface area (Å²) in [6.45, 7) is 0. The second-order valence-electron chi connectivity index (χ2n) is 6.14. The van der Waals surface area contributed by atoms with Crippen molar-refractivity contribution in [1.82, 2.24) is 4.98 Å². The summed E-state index contributed by atoms with van der Waals surface area (Å²) < 4.78 is 23.9. The lowest BCUT2D eigenvalue weighted by Crippen LogP contribution is -2.10. The molecule has 0 spiro atoms. The average molecular weight is 373 g/mol. The second-order valence-corrected chi connectivity index (χ2v) is 6.14. The van der Waals surface area contributed by atoms with E-state index in [1.807, 2.05) is 24.3 Å². The Morgan fingerprint density at radius 2 is 1.57 bits per heavy atom. The largest absolute Gasteiger partial charge is 0.497 e. The molecular weight excluding hydrogens is 357 g/mol. The minimum atomic E-state index is -0.493. The van der Waals surface area contributed by atoms with Gasteiger partial charge in [0.1, 0.15) is 17.3 Å². The van der Waals surface area contributed by atoms with Crippen LogP contribution in [0.2, 0.25) is 0 Å². The number of fused-ring (bicyclic) bond motifs is 1. The number of hydrogen-bond acceptors (Lipinski definition) is 4. The highest BCUT2D eigenvalue weighted by atomic mass is 19.1. The summed E-state index contributed by atoms with van der Waals surface area (Å²) in [4.78, 5) is 17.5. The summed E-state index contributed by atoms with van der Waals surface area (Å²) in [5.74, 6) is 0.263. The highest BCUT2D eigenvalue weighted by Gasteiger charge is 2.16. The lowest BCUT2D eigenvalue weighted by molar-refractivity contribution is 0.0736. The fourth-order valence-corrected chi connectivity index (χ4v) is 2.92. The maximum atomic E-state index is 13.3. The molecule has 0 N–H and O–H groups in total. The van der Waals surface area contributed by atoms with Crippen LogP contribution in [0, 0.1) is 5.82 Å². The molecule has 0 aliphatic rings. The number of pyridine rings is 1. The summed E-state index contributed by atoms with van der Waals surface area (Å²) in [6, 6.07) is 21.8. The third-order valence-corrected chi connectivity index (χ3v) is 4.35. The van der Waals surface area contributed by atoms with Crippen molar-refractivity contribution in [2.24, 2.45) is 0 Å². The van der Waals surface area contributed by atoms with Crippen molar-refractivity contribution in [3.8, 4) is 22.8 Å². The van der Waals surface area contributed by atoms with Gasteiger partial charge in [-0.2, -0.15) is 0 Å². The first-order valence-corrected chi connectivity index (χ1v) is 8.66. The van der Waals surface area contributed by atoms with Crippen molar-refractivity contribution in [1.29, 1.82) is 0 Å². The molecule has 4 aromatic rings. The Bertz CT molecular complexity index is 1140. The highest BCUT2D eigenvalue weighted by molar-refractivity contribution is 6.05. The zero-order valence-electron chi connectivity index (χ0n) is 15.1. The number of ether oxygens (including phenoxy) is 2. The molecule has 28 heavy (non-hydrogen) atoms. The number of aromatic nitrogens is 1. The van der Waals surface area contributed by atoms with E-state index in [4.69, 9.17) is 9.47 Å². The van der Waals surface area contributed by atoms with Crippen molar-refractivity contribution in [2.45, 2.75) is 0 Å². The fourth-order valence-electron chi connectivity index (χ4n) is 2.92. The molecule has 0 aliphatic heterocycles. The maximum absolute atomic E-state index is 13.3. The lowest BCUT2D eigenvalue weighted by Gasteiger charge is -2.10. The van der Waals surface area contributed by atoms with Crippen molar-refractivity contribution >= 4 is 16.9 Å². The van der Waals surface area contributed by atoms with Crippen molar-refractivity contribution in [3.05, 3.63) is 90.2 Å². The van der Waals surface area contributed by atoms with Gasteiger partial charge in [0.15, 0.2) is 0 Å². The molecule has 4 rings (SSSR count). The maximum Gasteiger partial charge on any atom is 0.344 e. The summed E-state index contributed by atoms with van der Waals surface area (Å²) >= 11 is 0. The van der Waals surface area contributed by atoms with Crippen LogP contribution in [-0.4, -0.2) is 18.1 Å². The van der Waals surface area contributed by atoms with Gasteiger partial charge in [0, 0.05) is 10.9 Å². The van der Waals surface area contributed by atoms with E-state index in [9.17, 15) is 9.18 Å². The molecule has 1 aromatic heterocycles. The first-order valence-electron chi connectivity index (χ1n) is 8.66. The Morgan fingerprint density at radius 3 is 2.29 bits per heavy atom. The monoisotopic (exact) mass is 373 g/mol. The number of nitrogens with zero attached hydrogens (tertiary/aromatic N) is 1. The van der Waals surface area contributed by atoms with Crippen LogP contribution in [0.4, 0.5) is 4.39 Å². The van der Waals surface area contributed by atoms with Gasteiger partial charge in [-0.15, -0.1) is 0 Å². The normalized spacial score (nSPS) is 10.6. The first-order chi connectivity index (χ1) is 13.6. The van der Waals surface area contributed by atoms with Crippen molar-refractivity contribution in [3.63, 3.8) is 0 Å². The number of halogens is 1. The topological polar surface area (TPSA) is 48.4 Å². The van der Waals surface area contributed by atoms with Crippen LogP contribution in [0.25, 0.3) is 22.2 Å². The number of rotatable bonds is 4. The Hall–Kier alpha value is -3.73. The zero-order chi connectivity index (χ0) is 19.5. The van der Waals surface area contributed by atoms with Gasteiger partial charge in [-0.25, -0.2) is 14.2 Å². The standard InChI is InChI=1S/C23H16FNO3/c1-27-17-10-12-18(13-11-17)28-23(26)20-14-22(15-6-8-16(24)9-7-15)25-21-5-3-2-4-19(20)21/h2-14H,1H3. The molecule has 0 radical (unpaired) electrons. The van der Waals surface area contributed by atoms with Crippen LogP contribution in [0.5, 0.6) is 11.5 Å². The summed E-state index contributed by atoms with van der Waals surface area (Å²) in [7, 11) is 1.57. The van der Waals surface area contributed by atoms with E-state index in [1.165, 1.54) is 12.1 Å². The second kappa shape index (κ2) is 7.48. The van der Waals surface area contributed by atoms with Crippen LogP contribution in [0.1, 0.15) is 10.4 Å². The van der Waals surface area contributed by atoms with Gasteiger partial charge in [-0.05, 0) is 60.7 Å². The Balaban J connectivity index is 1.75. The van der Waals surface area contributed by atoms with Crippen molar-refractivity contribution < 1.29 is 18.7 Å². The number of carbonyl (C=O) groups excluding carboxylic acids is 1. The number of hydrogen-bond donors (Lipinski definition) is 0. The molecule has 0 saturated carbocycles. The Kier molecular flexibility index (Phi) is 4.72. The third-order valence-electron chi connectivity index (χ3n) is 4.35. The molecule has 0 unspecified atom stereocenters. The van der Waals surface area contributed by atoms with E-state index in [0.717, 1.165) is 0 Å². The number of benzene rings is 3. The predicted octanol–water partition coefficient (Wildman–Crippen LogP) is 5.27. The van der Waals surface area contributed by atoms with Gasteiger partial charge in [0.2, 0.25) is 0 Å². The van der Waals surface area contributed by atoms with E-state index in [0.29, 0.717) is 39.2 Å². The number of carbonyl (C=O) groups is 1. The van der Waals surface area contributed by atoms with Gasteiger partial charge in [-0.3, -0.25) is 0 Å². The van der Waals surface area contributed by atoms with E-state index in [1.54, 1.807) is 49.6 Å². The Labute approximate surface area is 161 Å². The van der Waals surface area contributed by atoms with Gasteiger partial charge >= 0.3 is 5.97 Å². The molecule has 0 amide bonds. The van der Waals surface area contributed by atoms with Crippen LogP contribution in [0.15, 0.2) is 78.9 Å². The van der Waals surface area contributed by atoms with Crippen molar-refractivity contribution in [2.75, 3.05) is 7.11 Å². The molecule has 1 heterocycles. The van der Waals surface area contributed by atoms with E-state index >= 15 is 0 Å². The van der Waals surface area contributed by atoms with Gasteiger partial charge < -0.3 is 9.47 Å². The van der Waals surface area contributed by atoms with Gasteiger partial charge in [-0.1, -0.05) is 18.2 Å². The minimum Gasteiger partial charge on any atom is -0.497 e. The molecule has 0 atom stereocenters. The third kappa shape index (κ3) is 3.55. The van der Waals surface area contributed by atoms with Crippen LogP contribution in [0.3, 0.4) is 0 Å². The molecule has 0 aliphatic carbocycles. The average Bonchev–Trinajstić information content (AvgIpc) is 2.74. The fraction of sp³-hybridized carbons (Fsp3) is 0.0435. The Morgan fingerprint density at radius 1 is 0.893 bits per heavy atom. The molecule has 0 bridgehead atoms. The van der Waals surface area contributed by atoms with E-state index in [-0.39, 0.29) is 5.82 Å². The molecule has 138 valence electrons. The molecule has 5 heteroatoms. The molecule has 3 aromatic carbocycles. The minimum absolute atomic E-state index is 0.330. The molecule has 0 fully saturated rings. The summed E-state index contributed by atoms with van der Waals surface area (Å²) in [5, 5.41) is 0.687. The van der Waals surface area contributed by atoms with E-state index < -0.39 is 5.97 Å². The number of para-hydroxylation sites is 1. The van der Waals surface area contributed by atoms with Crippen LogP contribution >= 0.6 is 0 Å². The zero-order valence-corrected chi connectivity index (χ0v) is 15.1. The molecule has 4 nitrogen and oxygen atoms in total. The van der Waals surface area contributed by atoms with Crippen LogP contribution < -0.4 is 9.47 Å². The predicted molar refractivity (Wildman–Crippen MR) is 105 cm³/mol.